The molecule has 0 bridgehead atoms. The topological polar surface area (TPSA) is 88.5 Å². The van der Waals surface area contributed by atoms with Gasteiger partial charge in [-0.25, -0.2) is 4.98 Å². The van der Waals surface area contributed by atoms with Gasteiger partial charge in [0.25, 0.3) is 5.91 Å². The second kappa shape index (κ2) is 6.94. The van der Waals surface area contributed by atoms with Gasteiger partial charge in [0.05, 0.1) is 17.4 Å². The Kier molecular flexibility index (Phi) is 5.57. The molecule has 0 fully saturated rings. The van der Waals surface area contributed by atoms with Crippen LogP contribution in [0.25, 0.3) is 0 Å². The number of carbonyl (C=O) groups excluding carboxylic acids is 1. The highest BCUT2D eigenvalue weighted by molar-refractivity contribution is 5.98. The van der Waals surface area contributed by atoms with Gasteiger partial charge in [-0.15, -0.1) is 0 Å². The third-order valence-corrected chi connectivity index (χ3v) is 2.87. The normalized spacial score (nSPS) is 10.7. The van der Waals surface area contributed by atoms with Crippen molar-refractivity contribution in [1.82, 2.24) is 9.88 Å². The second-order valence-electron chi connectivity index (χ2n) is 4.74. The van der Waals surface area contributed by atoms with E-state index in [1.54, 1.807) is 12.3 Å². The SMILES string of the molecule is CCN(CCCN(C)C)c1ncc(N)cc1C(N)=O. The van der Waals surface area contributed by atoms with Gasteiger partial charge in [0.1, 0.15) is 5.82 Å². The van der Waals surface area contributed by atoms with Crippen molar-refractivity contribution in [2.75, 3.05) is 44.4 Å². The number of nitrogen functional groups attached to an aromatic ring is 1. The fourth-order valence-electron chi connectivity index (χ4n) is 1.90. The standard InChI is InChI=1S/C13H23N5O/c1-4-18(7-5-6-17(2)3)13-11(12(15)19)8-10(14)9-16-13/h8-9H,4-7,14H2,1-3H3,(H2,15,19). The Hall–Kier alpha value is -1.82. The molecule has 1 amide bonds. The van der Waals surface area contributed by atoms with Crippen molar-refractivity contribution in [3.8, 4) is 0 Å². The highest BCUT2D eigenvalue weighted by atomic mass is 16.1. The lowest BCUT2D eigenvalue weighted by Crippen LogP contribution is -2.30. The Bertz CT molecular complexity index is 433. The maximum atomic E-state index is 11.5. The summed E-state index contributed by atoms with van der Waals surface area (Å²) >= 11 is 0. The third kappa shape index (κ3) is 4.40. The fourth-order valence-corrected chi connectivity index (χ4v) is 1.90. The zero-order valence-corrected chi connectivity index (χ0v) is 11.9. The van der Waals surface area contributed by atoms with Crippen molar-refractivity contribution >= 4 is 17.4 Å². The summed E-state index contributed by atoms with van der Waals surface area (Å²) < 4.78 is 0. The first kappa shape index (κ1) is 15.2. The average Bonchev–Trinajstić information content (AvgIpc) is 2.34. The molecule has 1 aromatic rings. The summed E-state index contributed by atoms with van der Waals surface area (Å²) in [5, 5.41) is 0. The molecule has 0 spiro atoms. The summed E-state index contributed by atoms with van der Waals surface area (Å²) in [7, 11) is 4.07. The number of hydrogen-bond donors (Lipinski definition) is 2. The molecule has 6 heteroatoms. The molecule has 0 saturated heterocycles. The molecule has 6 nitrogen and oxygen atoms in total. The van der Waals surface area contributed by atoms with Gasteiger partial charge in [-0.3, -0.25) is 4.79 Å². The Morgan fingerprint density at radius 1 is 1.37 bits per heavy atom. The highest BCUT2D eigenvalue weighted by Gasteiger charge is 2.15. The first-order valence-electron chi connectivity index (χ1n) is 6.40. The molecule has 1 rings (SSSR count). The van der Waals surface area contributed by atoms with Gasteiger partial charge in [-0.1, -0.05) is 0 Å². The number of aromatic nitrogens is 1. The van der Waals surface area contributed by atoms with Gasteiger partial charge >= 0.3 is 0 Å². The fraction of sp³-hybridized carbons (Fsp3) is 0.538. The van der Waals surface area contributed by atoms with Gasteiger partial charge < -0.3 is 21.3 Å². The summed E-state index contributed by atoms with van der Waals surface area (Å²) in [5.74, 6) is 0.115. The molecule has 0 aliphatic rings. The van der Waals surface area contributed by atoms with Crippen LogP contribution >= 0.6 is 0 Å². The van der Waals surface area contributed by atoms with Crippen LogP contribution in [0.1, 0.15) is 23.7 Å². The van der Waals surface area contributed by atoms with E-state index in [4.69, 9.17) is 11.5 Å². The van der Waals surface area contributed by atoms with Crippen LogP contribution in [-0.2, 0) is 0 Å². The Balaban J connectivity index is 2.88. The Morgan fingerprint density at radius 2 is 2.05 bits per heavy atom. The van der Waals surface area contributed by atoms with Crippen LogP contribution < -0.4 is 16.4 Å². The summed E-state index contributed by atoms with van der Waals surface area (Å²) in [6.07, 6.45) is 2.54. The van der Waals surface area contributed by atoms with E-state index >= 15 is 0 Å². The lowest BCUT2D eigenvalue weighted by atomic mass is 10.2. The van der Waals surface area contributed by atoms with Crippen molar-refractivity contribution in [3.05, 3.63) is 17.8 Å². The van der Waals surface area contributed by atoms with Crippen LogP contribution in [0.5, 0.6) is 0 Å². The summed E-state index contributed by atoms with van der Waals surface area (Å²) in [6.45, 7) is 4.60. The number of rotatable bonds is 7. The summed E-state index contributed by atoms with van der Waals surface area (Å²) in [4.78, 5) is 19.9. The van der Waals surface area contributed by atoms with Gasteiger partial charge in [-0.2, -0.15) is 0 Å². The van der Waals surface area contributed by atoms with Crippen molar-refractivity contribution in [2.45, 2.75) is 13.3 Å². The number of anilines is 2. The second-order valence-corrected chi connectivity index (χ2v) is 4.74. The zero-order valence-electron chi connectivity index (χ0n) is 11.9. The van der Waals surface area contributed by atoms with Crippen LogP contribution in [0.2, 0.25) is 0 Å². The molecule has 0 radical (unpaired) electrons. The first-order valence-corrected chi connectivity index (χ1v) is 6.40. The molecule has 0 atom stereocenters. The maximum Gasteiger partial charge on any atom is 0.252 e. The van der Waals surface area contributed by atoms with E-state index < -0.39 is 5.91 Å². The molecule has 0 unspecified atom stereocenters. The van der Waals surface area contributed by atoms with Gasteiger partial charge in [0, 0.05) is 13.1 Å². The molecule has 1 heterocycles. The number of primary amides is 1. The summed E-state index contributed by atoms with van der Waals surface area (Å²) in [6, 6.07) is 1.58. The predicted octanol–water partition coefficient (Wildman–Crippen LogP) is 0.541. The average molecular weight is 265 g/mol. The molecule has 19 heavy (non-hydrogen) atoms. The van der Waals surface area contributed by atoms with Crippen LogP contribution in [0.4, 0.5) is 11.5 Å². The molecular weight excluding hydrogens is 242 g/mol. The number of nitrogens with zero attached hydrogens (tertiary/aromatic N) is 3. The smallest absolute Gasteiger partial charge is 0.252 e. The van der Waals surface area contributed by atoms with Crippen LogP contribution in [-0.4, -0.2) is 49.5 Å². The van der Waals surface area contributed by atoms with Gasteiger partial charge in [0.2, 0.25) is 0 Å². The number of carbonyl (C=O) groups is 1. The minimum Gasteiger partial charge on any atom is -0.397 e. The van der Waals surface area contributed by atoms with E-state index in [1.807, 2.05) is 25.9 Å². The van der Waals surface area contributed by atoms with E-state index in [9.17, 15) is 4.79 Å². The molecule has 0 aliphatic carbocycles. The lowest BCUT2D eigenvalue weighted by molar-refractivity contribution is 0.100. The van der Waals surface area contributed by atoms with E-state index in [2.05, 4.69) is 9.88 Å². The van der Waals surface area contributed by atoms with Crippen molar-refractivity contribution in [2.24, 2.45) is 5.73 Å². The van der Waals surface area contributed by atoms with E-state index in [-0.39, 0.29) is 0 Å². The zero-order chi connectivity index (χ0) is 14.4. The lowest BCUT2D eigenvalue weighted by Gasteiger charge is -2.24. The van der Waals surface area contributed by atoms with Crippen molar-refractivity contribution < 1.29 is 4.79 Å². The van der Waals surface area contributed by atoms with Crippen molar-refractivity contribution in [1.29, 1.82) is 0 Å². The Morgan fingerprint density at radius 3 is 2.58 bits per heavy atom. The minimum absolute atomic E-state index is 0.381. The third-order valence-electron chi connectivity index (χ3n) is 2.87. The molecule has 0 aliphatic heterocycles. The van der Waals surface area contributed by atoms with Gasteiger partial charge in [-0.05, 0) is 40.1 Å². The van der Waals surface area contributed by atoms with Crippen LogP contribution in [0, 0.1) is 0 Å². The minimum atomic E-state index is -0.499. The first-order chi connectivity index (χ1) is 8.95. The van der Waals surface area contributed by atoms with Crippen molar-refractivity contribution in [3.63, 3.8) is 0 Å². The largest absolute Gasteiger partial charge is 0.397 e. The van der Waals surface area contributed by atoms with Gasteiger partial charge in [0.15, 0.2) is 0 Å². The Labute approximate surface area is 114 Å². The molecule has 0 saturated carbocycles. The van der Waals surface area contributed by atoms with E-state index in [0.717, 1.165) is 26.1 Å². The quantitative estimate of drug-likeness (QED) is 0.751. The molecule has 106 valence electrons. The molecule has 1 aromatic heterocycles. The van der Waals surface area contributed by atoms with E-state index in [1.165, 1.54) is 0 Å². The highest BCUT2D eigenvalue weighted by Crippen LogP contribution is 2.19. The predicted molar refractivity (Wildman–Crippen MR) is 78.2 cm³/mol. The maximum absolute atomic E-state index is 11.5. The number of hydrogen-bond acceptors (Lipinski definition) is 5. The van der Waals surface area contributed by atoms with Crippen LogP contribution in [0.15, 0.2) is 12.3 Å². The number of nitrogens with two attached hydrogens (primary N) is 2. The monoisotopic (exact) mass is 265 g/mol. The summed E-state index contributed by atoms with van der Waals surface area (Å²) in [5.41, 5.74) is 11.9. The number of pyridine rings is 1. The van der Waals surface area contributed by atoms with Crippen LogP contribution in [0.3, 0.4) is 0 Å². The molecular formula is C13H23N5O. The number of amides is 1. The van der Waals surface area contributed by atoms with E-state index in [0.29, 0.717) is 17.1 Å². The molecule has 0 aromatic carbocycles. The molecule has 4 N–H and O–H groups in total.